The molecule has 0 aliphatic carbocycles. The molecule has 1 fully saturated rings. The van der Waals surface area contributed by atoms with Crippen molar-refractivity contribution in [1.82, 2.24) is 19.9 Å². The molecule has 6 nitrogen and oxygen atoms in total. The zero-order valence-corrected chi connectivity index (χ0v) is 14.2. The van der Waals surface area contributed by atoms with Gasteiger partial charge in [0.25, 0.3) is 0 Å². The number of fused-ring (bicyclic) bond motifs is 1. The average molecular weight is 354 g/mol. The zero-order chi connectivity index (χ0) is 17.9. The summed E-state index contributed by atoms with van der Waals surface area (Å²) in [5.74, 6) is -0.305. The van der Waals surface area contributed by atoms with E-state index in [0.717, 1.165) is 16.6 Å². The Balaban J connectivity index is 1.39. The minimum Gasteiger partial charge on any atom is -0.374 e. The summed E-state index contributed by atoms with van der Waals surface area (Å²) in [6, 6.07) is 14.0. The van der Waals surface area contributed by atoms with Crippen molar-refractivity contribution < 1.29 is 13.9 Å². The highest BCUT2D eigenvalue weighted by Crippen LogP contribution is 2.14. The molecule has 0 radical (unpaired) electrons. The molecule has 1 aromatic heterocycles. The molecule has 2 aromatic carbocycles. The fourth-order valence-corrected chi connectivity index (χ4v) is 3.19. The molecule has 3 aromatic rings. The van der Waals surface area contributed by atoms with Crippen LogP contribution in [0, 0.1) is 5.82 Å². The Hall–Kier alpha value is -2.80. The summed E-state index contributed by atoms with van der Waals surface area (Å²) < 4.78 is 19.1. The van der Waals surface area contributed by atoms with Crippen LogP contribution in [0.3, 0.4) is 0 Å². The van der Waals surface area contributed by atoms with Gasteiger partial charge in [-0.3, -0.25) is 4.79 Å². The molecule has 1 aliphatic heterocycles. The first kappa shape index (κ1) is 16.7. The van der Waals surface area contributed by atoms with Crippen molar-refractivity contribution >= 4 is 16.9 Å². The largest absolute Gasteiger partial charge is 0.374 e. The topological polar surface area (TPSA) is 60.2 Å². The van der Waals surface area contributed by atoms with Crippen molar-refractivity contribution in [2.24, 2.45) is 0 Å². The summed E-state index contributed by atoms with van der Waals surface area (Å²) in [6.07, 6.45) is 0.435. The van der Waals surface area contributed by atoms with Gasteiger partial charge in [-0.2, -0.15) is 15.0 Å². The second-order valence-corrected chi connectivity index (χ2v) is 6.39. The van der Waals surface area contributed by atoms with Crippen LogP contribution in [0.25, 0.3) is 11.0 Å². The maximum atomic E-state index is 13.3. The molecular weight excluding hydrogens is 335 g/mol. The number of halogens is 1. The summed E-state index contributed by atoms with van der Waals surface area (Å²) in [5.41, 5.74) is 2.40. The van der Waals surface area contributed by atoms with Crippen molar-refractivity contribution in [2.45, 2.75) is 19.1 Å². The molecule has 0 bridgehead atoms. The minimum atomic E-state index is -0.261. The van der Waals surface area contributed by atoms with E-state index in [1.54, 1.807) is 11.0 Å². The van der Waals surface area contributed by atoms with E-state index in [0.29, 0.717) is 26.1 Å². The van der Waals surface area contributed by atoms with Crippen molar-refractivity contribution in [3.63, 3.8) is 0 Å². The van der Waals surface area contributed by atoms with Gasteiger partial charge in [0.15, 0.2) is 0 Å². The number of aromatic nitrogens is 3. The van der Waals surface area contributed by atoms with Crippen LogP contribution in [-0.4, -0.2) is 51.6 Å². The van der Waals surface area contributed by atoms with Gasteiger partial charge < -0.3 is 9.64 Å². The zero-order valence-electron chi connectivity index (χ0n) is 14.2. The SMILES string of the molecule is O=C(Cn1nc2ccccc2n1)N1CCO[C@H](Cc2cccc(F)c2)C1. The number of amides is 1. The fourth-order valence-electron chi connectivity index (χ4n) is 3.19. The smallest absolute Gasteiger partial charge is 0.246 e. The van der Waals surface area contributed by atoms with Crippen LogP contribution in [0.2, 0.25) is 0 Å². The van der Waals surface area contributed by atoms with Gasteiger partial charge >= 0.3 is 0 Å². The first-order valence-electron chi connectivity index (χ1n) is 8.61. The Morgan fingerprint density at radius 3 is 2.65 bits per heavy atom. The van der Waals surface area contributed by atoms with Crippen LogP contribution >= 0.6 is 0 Å². The predicted molar refractivity (Wildman–Crippen MR) is 94.0 cm³/mol. The highest BCUT2D eigenvalue weighted by Gasteiger charge is 2.25. The van der Waals surface area contributed by atoms with Gasteiger partial charge in [0.2, 0.25) is 5.91 Å². The van der Waals surface area contributed by atoms with Gasteiger partial charge in [-0.25, -0.2) is 4.39 Å². The molecule has 0 unspecified atom stereocenters. The maximum Gasteiger partial charge on any atom is 0.246 e. The van der Waals surface area contributed by atoms with Gasteiger partial charge in [0, 0.05) is 19.5 Å². The van der Waals surface area contributed by atoms with E-state index in [-0.39, 0.29) is 24.4 Å². The molecule has 0 N–H and O–H groups in total. The first-order chi connectivity index (χ1) is 12.7. The predicted octanol–water partition coefficient (Wildman–Crippen LogP) is 2.04. The Morgan fingerprint density at radius 2 is 1.92 bits per heavy atom. The molecular formula is C19H19FN4O2. The number of morpholine rings is 1. The van der Waals surface area contributed by atoms with E-state index in [9.17, 15) is 9.18 Å². The number of nitrogens with zero attached hydrogens (tertiary/aromatic N) is 4. The van der Waals surface area contributed by atoms with E-state index < -0.39 is 0 Å². The fraction of sp³-hybridized carbons (Fsp3) is 0.316. The van der Waals surface area contributed by atoms with Crippen LogP contribution < -0.4 is 0 Å². The lowest BCUT2D eigenvalue weighted by Gasteiger charge is -2.33. The molecule has 0 saturated carbocycles. The average Bonchev–Trinajstić information content (AvgIpc) is 3.04. The Labute approximate surface area is 150 Å². The maximum absolute atomic E-state index is 13.3. The Morgan fingerprint density at radius 1 is 1.15 bits per heavy atom. The normalized spacial score (nSPS) is 17.6. The third-order valence-electron chi connectivity index (χ3n) is 4.45. The Bertz CT molecular complexity index is 894. The van der Waals surface area contributed by atoms with Crippen LogP contribution in [0.5, 0.6) is 0 Å². The van der Waals surface area contributed by atoms with Gasteiger partial charge in [-0.05, 0) is 29.8 Å². The second kappa shape index (κ2) is 7.21. The standard InChI is InChI=1S/C19H19FN4O2/c20-15-5-3-4-14(10-15)11-16-12-23(8-9-26-16)19(25)13-24-21-17-6-1-2-7-18(17)22-24/h1-7,10,16H,8-9,11-13H2/t16-/m1/s1. The third-order valence-corrected chi connectivity index (χ3v) is 4.45. The quantitative estimate of drug-likeness (QED) is 0.719. The summed E-state index contributed by atoms with van der Waals surface area (Å²) in [6.45, 7) is 1.59. The Kier molecular flexibility index (Phi) is 4.62. The monoisotopic (exact) mass is 354 g/mol. The number of hydrogen-bond acceptors (Lipinski definition) is 4. The molecule has 134 valence electrons. The summed E-state index contributed by atoms with van der Waals surface area (Å²) in [7, 11) is 0. The lowest BCUT2D eigenvalue weighted by Crippen LogP contribution is -2.47. The first-order valence-corrected chi connectivity index (χ1v) is 8.61. The van der Waals surface area contributed by atoms with E-state index in [1.165, 1.54) is 16.9 Å². The van der Waals surface area contributed by atoms with E-state index in [2.05, 4.69) is 10.2 Å². The highest BCUT2D eigenvalue weighted by molar-refractivity contribution is 5.77. The molecule has 1 aliphatic rings. The van der Waals surface area contributed by atoms with Crippen LogP contribution in [0.1, 0.15) is 5.56 Å². The number of ether oxygens (including phenoxy) is 1. The van der Waals surface area contributed by atoms with Gasteiger partial charge in [0.1, 0.15) is 23.4 Å². The second-order valence-electron chi connectivity index (χ2n) is 6.39. The number of carbonyl (C=O) groups is 1. The summed E-state index contributed by atoms with van der Waals surface area (Å²) >= 11 is 0. The molecule has 1 atom stereocenters. The number of benzene rings is 2. The lowest BCUT2D eigenvalue weighted by molar-refractivity contribution is -0.139. The van der Waals surface area contributed by atoms with Crippen LogP contribution in [0.15, 0.2) is 48.5 Å². The third kappa shape index (κ3) is 3.72. The molecule has 4 rings (SSSR count). The molecule has 1 saturated heterocycles. The van der Waals surface area contributed by atoms with E-state index in [4.69, 9.17) is 4.74 Å². The number of carbonyl (C=O) groups excluding carboxylic acids is 1. The van der Waals surface area contributed by atoms with Crippen LogP contribution in [-0.2, 0) is 22.5 Å². The van der Waals surface area contributed by atoms with Gasteiger partial charge in [0.05, 0.1) is 12.7 Å². The van der Waals surface area contributed by atoms with Gasteiger partial charge in [-0.1, -0.05) is 24.3 Å². The van der Waals surface area contributed by atoms with Gasteiger partial charge in [-0.15, -0.1) is 0 Å². The van der Waals surface area contributed by atoms with Crippen molar-refractivity contribution in [3.8, 4) is 0 Å². The van der Waals surface area contributed by atoms with Crippen molar-refractivity contribution in [3.05, 3.63) is 59.9 Å². The van der Waals surface area contributed by atoms with E-state index >= 15 is 0 Å². The summed E-state index contributed by atoms with van der Waals surface area (Å²) in [5, 5.41) is 8.66. The van der Waals surface area contributed by atoms with Crippen molar-refractivity contribution in [2.75, 3.05) is 19.7 Å². The minimum absolute atomic E-state index is 0.0437. The lowest BCUT2D eigenvalue weighted by atomic mass is 10.1. The van der Waals surface area contributed by atoms with Crippen LogP contribution in [0.4, 0.5) is 4.39 Å². The molecule has 2 heterocycles. The van der Waals surface area contributed by atoms with Crippen molar-refractivity contribution in [1.29, 1.82) is 0 Å². The highest BCUT2D eigenvalue weighted by atomic mass is 19.1. The van der Waals surface area contributed by atoms with E-state index in [1.807, 2.05) is 30.3 Å². The molecule has 26 heavy (non-hydrogen) atoms. The molecule has 7 heteroatoms. The molecule has 1 amide bonds. The number of hydrogen-bond donors (Lipinski definition) is 0. The summed E-state index contributed by atoms with van der Waals surface area (Å²) in [4.78, 5) is 15.8. The molecule has 0 spiro atoms. The number of rotatable bonds is 4.